The maximum atomic E-state index is 12.0. The Kier molecular flexibility index (Phi) is 16.8. The van der Waals surface area contributed by atoms with Crippen LogP contribution < -0.4 is 0 Å². The molecule has 2 aromatic heterocycles. The van der Waals surface area contributed by atoms with Gasteiger partial charge in [-0.3, -0.25) is 9.97 Å². The number of hydrogen-bond acceptors (Lipinski definition) is 7. The van der Waals surface area contributed by atoms with Gasteiger partial charge in [0, 0.05) is 18.1 Å². The van der Waals surface area contributed by atoms with Crippen molar-refractivity contribution < 1.29 is 37.1 Å². The maximum absolute atomic E-state index is 12.0. The predicted octanol–water partition coefficient (Wildman–Crippen LogP) is 9.48. The quantitative estimate of drug-likeness (QED) is 0.0298. The van der Waals surface area contributed by atoms with Crippen molar-refractivity contribution in [2.24, 2.45) is 0 Å². The van der Waals surface area contributed by atoms with Crippen molar-refractivity contribution in [2.45, 2.75) is 65.2 Å². The van der Waals surface area contributed by atoms with E-state index in [1.807, 2.05) is 48.5 Å². The van der Waals surface area contributed by atoms with E-state index in [1.54, 1.807) is 24.5 Å². The molecule has 0 atom stereocenters. The number of nitrogens with zero attached hydrogens (tertiary/aromatic N) is 4. The number of unbranched alkanes of at least 4 members (excludes halogenated alkanes) is 6. The summed E-state index contributed by atoms with van der Waals surface area (Å²) in [7, 11) is -3.42. The summed E-state index contributed by atoms with van der Waals surface area (Å²) < 4.78 is 37.2. The third-order valence-electron chi connectivity index (χ3n) is 6.01. The summed E-state index contributed by atoms with van der Waals surface area (Å²) in [5.41, 5.74) is 2.72. The molecular weight excluding hydrogens is 610 g/mol. The van der Waals surface area contributed by atoms with Crippen molar-refractivity contribution in [3.05, 3.63) is 82.5 Å². The van der Waals surface area contributed by atoms with Gasteiger partial charge < -0.3 is 9.44 Å². The molecule has 11 heteroatoms. The predicted molar refractivity (Wildman–Crippen MR) is 166 cm³/mol. The summed E-state index contributed by atoms with van der Waals surface area (Å²) in [6.45, 7) is 4.89. The Hall–Kier alpha value is -2.30. The molecule has 0 bridgehead atoms. The summed E-state index contributed by atoms with van der Waals surface area (Å²) in [4.78, 5) is 13.6. The van der Waals surface area contributed by atoms with Gasteiger partial charge in [0.05, 0.1) is 27.7 Å². The molecule has 216 valence electrons. The van der Waals surface area contributed by atoms with Crippen LogP contribution in [0.1, 0.15) is 65.2 Å². The fourth-order valence-corrected chi connectivity index (χ4v) is 5.41. The fraction of sp³-hybridized carbons (Fsp3) is 0.400. The fourth-order valence-electron chi connectivity index (χ4n) is 3.93. The number of para-hydroxylation sites is 2. The normalized spacial score (nSPS) is 11.0. The first-order valence-corrected chi connectivity index (χ1v) is 16.1. The van der Waals surface area contributed by atoms with Crippen LogP contribution in [-0.2, 0) is 38.7 Å². The molecule has 8 nitrogen and oxygen atoms in total. The molecule has 2 aromatic carbocycles. The molecule has 4 aromatic rings. The standard InChI is InChI=1S/2C15H19N2O2S.Zn/c1-2-3-4-5-12-20(18,19)17-14-10-6-8-13-9-7-11-16-15(13)14;1-2-3-4-5-12-18-19-20-17-14-10-6-8-13-9-7-11-16-15(13)14;/h2*6-11H,2-5,12H2,1H3;/q2*-1;+2. The second-order valence-corrected chi connectivity index (χ2v) is 11.5. The van der Waals surface area contributed by atoms with Crippen LogP contribution in [-0.4, -0.2) is 30.7 Å². The number of fused-ring (bicyclic) bond motifs is 2. The van der Waals surface area contributed by atoms with Crippen LogP contribution in [0.2, 0.25) is 0 Å². The third kappa shape index (κ3) is 12.6. The first kappa shape index (κ1) is 34.9. The van der Waals surface area contributed by atoms with Gasteiger partial charge >= 0.3 is 19.5 Å². The monoisotopic (exact) mass is 646 g/mol. The van der Waals surface area contributed by atoms with Crippen LogP contribution in [0.3, 0.4) is 0 Å². The Bertz CT molecular complexity index is 1400. The van der Waals surface area contributed by atoms with E-state index in [9.17, 15) is 8.42 Å². The van der Waals surface area contributed by atoms with E-state index in [4.69, 9.17) is 9.22 Å². The van der Waals surface area contributed by atoms with Crippen LogP contribution in [0.25, 0.3) is 31.3 Å². The van der Waals surface area contributed by atoms with Gasteiger partial charge in [0.2, 0.25) is 0 Å². The van der Waals surface area contributed by atoms with Gasteiger partial charge in [-0.25, -0.2) is 13.3 Å². The van der Waals surface area contributed by atoms with E-state index in [0.29, 0.717) is 24.2 Å². The Morgan fingerprint density at radius 1 is 0.732 bits per heavy atom. The summed E-state index contributed by atoms with van der Waals surface area (Å²) in [5.74, 6) is 0.107. The minimum Gasteiger partial charge on any atom is -0.603 e. The van der Waals surface area contributed by atoms with Crippen LogP contribution in [0, 0.1) is 0 Å². The van der Waals surface area contributed by atoms with Crippen LogP contribution >= 0.6 is 12.2 Å². The van der Waals surface area contributed by atoms with E-state index in [2.05, 4.69) is 33.3 Å². The van der Waals surface area contributed by atoms with Crippen LogP contribution in [0.4, 0.5) is 11.4 Å². The zero-order chi connectivity index (χ0) is 28.5. The van der Waals surface area contributed by atoms with Crippen LogP contribution in [0.5, 0.6) is 0 Å². The molecule has 0 saturated carbocycles. The molecule has 0 amide bonds. The zero-order valence-electron chi connectivity index (χ0n) is 23.9. The molecule has 0 fully saturated rings. The van der Waals surface area contributed by atoms with E-state index in [1.165, 1.54) is 19.3 Å². The van der Waals surface area contributed by atoms with Gasteiger partial charge in [0.1, 0.15) is 0 Å². The van der Waals surface area contributed by atoms with Gasteiger partial charge in [0.15, 0.2) is 0 Å². The van der Waals surface area contributed by atoms with E-state index in [-0.39, 0.29) is 25.2 Å². The van der Waals surface area contributed by atoms with Crippen molar-refractivity contribution in [3.8, 4) is 0 Å². The first-order chi connectivity index (χ1) is 19.5. The third-order valence-corrected chi connectivity index (χ3v) is 7.72. The van der Waals surface area contributed by atoms with E-state index >= 15 is 0 Å². The SMILES string of the molecule is CCCCCCOOS[N-]c1cccc2cccnc12.CCCCCCS(=O)(=O)[N-]c1cccc2cccnc12.[Zn+2]. The van der Waals surface area contributed by atoms with Crippen molar-refractivity contribution in [1.29, 1.82) is 0 Å². The number of hydrogen-bond donors (Lipinski definition) is 0. The Balaban J connectivity index is 0.000000280. The molecule has 41 heavy (non-hydrogen) atoms. The van der Waals surface area contributed by atoms with Gasteiger partial charge in [-0.1, -0.05) is 113 Å². The van der Waals surface area contributed by atoms with Crippen molar-refractivity contribution in [3.63, 3.8) is 0 Å². The van der Waals surface area contributed by atoms with Crippen LogP contribution in [0.15, 0.2) is 73.1 Å². The second kappa shape index (κ2) is 19.8. The molecule has 0 aliphatic heterocycles. The largest absolute Gasteiger partial charge is 2.00 e. The number of sulfonamides is 1. The molecule has 2 heterocycles. The summed E-state index contributed by atoms with van der Waals surface area (Å²) in [6, 6.07) is 18.9. The molecule has 0 saturated heterocycles. The number of rotatable bonds is 16. The van der Waals surface area contributed by atoms with Gasteiger partial charge in [-0.15, -0.1) is 11.4 Å². The Morgan fingerprint density at radius 2 is 1.29 bits per heavy atom. The summed E-state index contributed by atoms with van der Waals surface area (Å²) in [6.07, 6.45) is 11.8. The average Bonchev–Trinajstić information content (AvgIpc) is 2.97. The molecular formula is C30H38N4O4S2Zn. The van der Waals surface area contributed by atoms with Gasteiger partial charge in [-0.05, 0) is 35.7 Å². The minimum atomic E-state index is -3.42. The molecule has 0 N–H and O–H groups in total. The van der Waals surface area contributed by atoms with E-state index in [0.717, 1.165) is 59.9 Å². The smallest absolute Gasteiger partial charge is 0.603 e. The molecule has 0 aliphatic carbocycles. The topological polar surface area (TPSA) is 107 Å². The van der Waals surface area contributed by atoms with Gasteiger partial charge in [0.25, 0.3) is 0 Å². The number of pyridine rings is 2. The molecule has 0 unspecified atom stereocenters. The number of benzene rings is 2. The summed E-state index contributed by atoms with van der Waals surface area (Å²) >= 11 is 0.948. The Labute approximate surface area is 261 Å². The Morgan fingerprint density at radius 3 is 1.93 bits per heavy atom. The van der Waals surface area contributed by atoms with Crippen molar-refractivity contribution in [2.75, 3.05) is 12.4 Å². The summed E-state index contributed by atoms with van der Waals surface area (Å²) in [5, 5.41) is 1.96. The maximum Gasteiger partial charge on any atom is 2.00 e. The second-order valence-electron chi connectivity index (χ2n) is 9.26. The first-order valence-electron chi connectivity index (χ1n) is 13.8. The minimum absolute atomic E-state index is 0. The molecule has 4 rings (SSSR count). The average molecular weight is 648 g/mol. The zero-order valence-corrected chi connectivity index (χ0v) is 28.5. The number of aromatic nitrogens is 2. The van der Waals surface area contributed by atoms with Crippen molar-refractivity contribution in [1.82, 2.24) is 9.97 Å². The molecule has 0 aliphatic rings. The van der Waals surface area contributed by atoms with E-state index < -0.39 is 10.0 Å². The van der Waals surface area contributed by atoms with Gasteiger partial charge in [-0.2, -0.15) is 4.33 Å². The molecule has 0 spiro atoms. The molecule has 0 radical (unpaired) electrons. The van der Waals surface area contributed by atoms with Crippen molar-refractivity contribution >= 4 is 55.4 Å².